The van der Waals surface area contributed by atoms with Crippen molar-refractivity contribution in [3.8, 4) is 0 Å². The first-order valence-corrected chi connectivity index (χ1v) is 5.40. The molecule has 2 saturated heterocycles. The van der Waals surface area contributed by atoms with E-state index in [4.69, 9.17) is 15.3 Å². The quantitative estimate of drug-likeness (QED) is 0.627. The Morgan fingerprint density at radius 3 is 3.14 bits per heavy atom. The Bertz CT molecular complexity index is 197. The van der Waals surface area contributed by atoms with Crippen LogP contribution in [-0.2, 0) is 9.47 Å². The second kappa shape index (κ2) is 4.14. The third kappa shape index (κ3) is 2.08. The molecule has 4 nitrogen and oxygen atoms in total. The molecule has 0 amide bonds. The number of nitrogens with zero attached hydrogens (tertiary/aromatic N) is 1. The monoisotopic (exact) mass is 200 g/mol. The van der Waals surface area contributed by atoms with E-state index < -0.39 is 0 Å². The summed E-state index contributed by atoms with van der Waals surface area (Å²) in [5.41, 5.74) is -0.0219. The Balaban J connectivity index is 1.99. The molecule has 2 heterocycles. The van der Waals surface area contributed by atoms with Gasteiger partial charge in [0.25, 0.3) is 0 Å². The first kappa shape index (κ1) is 10.4. The molecule has 14 heavy (non-hydrogen) atoms. The minimum absolute atomic E-state index is 0.0219. The maximum Gasteiger partial charge on any atom is 0.0847 e. The lowest BCUT2D eigenvalue weighted by Crippen LogP contribution is -2.55. The smallest absolute Gasteiger partial charge is 0.0847 e. The summed E-state index contributed by atoms with van der Waals surface area (Å²) in [6.45, 7) is 2.65. The van der Waals surface area contributed by atoms with Gasteiger partial charge in [0.05, 0.1) is 11.7 Å². The third-order valence-electron chi connectivity index (χ3n) is 3.35. The summed E-state index contributed by atoms with van der Waals surface area (Å²) in [4.78, 5) is 0. The van der Waals surface area contributed by atoms with Crippen LogP contribution in [0, 0.1) is 0 Å². The van der Waals surface area contributed by atoms with E-state index in [0.717, 1.165) is 45.4 Å². The Hall–Kier alpha value is -0.160. The van der Waals surface area contributed by atoms with Gasteiger partial charge in [0.1, 0.15) is 0 Å². The second-order valence-electron chi connectivity index (χ2n) is 4.46. The van der Waals surface area contributed by atoms with Crippen LogP contribution in [0.15, 0.2) is 0 Å². The number of methoxy groups -OCH3 is 1. The molecule has 0 radical (unpaired) electrons. The number of hydrogen-bond acceptors (Lipinski definition) is 4. The van der Waals surface area contributed by atoms with Crippen molar-refractivity contribution < 1.29 is 9.47 Å². The molecule has 2 aliphatic rings. The lowest BCUT2D eigenvalue weighted by atomic mass is 9.85. The van der Waals surface area contributed by atoms with Crippen LogP contribution in [0.5, 0.6) is 0 Å². The van der Waals surface area contributed by atoms with Crippen LogP contribution in [-0.4, -0.2) is 43.5 Å². The highest BCUT2D eigenvalue weighted by Crippen LogP contribution is 2.33. The molecule has 0 unspecified atom stereocenters. The van der Waals surface area contributed by atoms with E-state index in [9.17, 15) is 0 Å². The fraction of sp³-hybridized carbons (Fsp3) is 1.00. The minimum Gasteiger partial charge on any atom is -0.381 e. The van der Waals surface area contributed by atoms with E-state index in [0.29, 0.717) is 6.10 Å². The normalized spacial score (nSPS) is 40.3. The molecule has 0 saturated carbocycles. The van der Waals surface area contributed by atoms with E-state index in [1.54, 1.807) is 7.11 Å². The van der Waals surface area contributed by atoms with Crippen LogP contribution >= 0.6 is 0 Å². The topological polar surface area (TPSA) is 47.7 Å². The van der Waals surface area contributed by atoms with Gasteiger partial charge in [-0.25, -0.2) is 5.01 Å². The van der Waals surface area contributed by atoms with Crippen LogP contribution < -0.4 is 5.84 Å². The maximum absolute atomic E-state index is 5.91. The first-order chi connectivity index (χ1) is 6.74. The predicted octanol–water partition coefficient (Wildman–Crippen LogP) is 0.520. The zero-order valence-electron chi connectivity index (χ0n) is 8.87. The summed E-state index contributed by atoms with van der Waals surface area (Å²) < 4.78 is 11.3. The molecule has 0 aromatic carbocycles. The molecular formula is C10H20N2O2. The number of hydrazine groups is 1. The summed E-state index contributed by atoms with van der Waals surface area (Å²) in [7, 11) is 1.78. The molecule has 2 rings (SSSR count). The lowest BCUT2D eigenvalue weighted by molar-refractivity contribution is -0.153. The third-order valence-corrected chi connectivity index (χ3v) is 3.35. The first-order valence-electron chi connectivity index (χ1n) is 5.40. The van der Waals surface area contributed by atoms with Gasteiger partial charge in [-0.15, -0.1) is 0 Å². The van der Waals surface area contributed by atoms with E-state index in [1.165, 1.54) is 0 Å². The van der Waals surface area contributed by atoms with E-state index in [1.807, 2.05) is 5.01 Å². The Labute approximate surface area is 85.3 Å². The zero-order chi connectivity index (χ0) is 10.0. The summed E-state index contributed by atoms with van der Waals surface area (Å²) in [6.07, 6.45) is 4.63. The molecule has 0 aromatic rings. The number of nitrogens with two attached hydrogens (primary N) is 1. The fourth-order valence-corrected chi connectivity index (χ4v) is 2.60. The molecule has 2 atom stereocenters. The van der Waals surface area contributed by atoms with Crippen molar-refractivity contribution in [2.24, 2.45) is 5.84 Å². The zero-order valence-corrected chi connectivity index (χ0v) is 8.87. The van der Waals surface area contributed by atoms with Gasteiger partial charge in [0.15, 0.2) is 0 Å². The van der Waals surface area contributed by atoms with Crippen LogP contribution in [0.1, 0.15) is 25.7 Å². The highest BCUT2D eigenvalue weighted by atomic mass is 16.5. The van der Waals surface area contributed by atoms with Crippen molar-refractivity contribution in [3.05, 3.63) is 0 Å². The number of piperidine rings is 1. The van der Waals surface area contributed by atoms with Crippen LogP contribution in [0.25, 0.3) is 0 Å². The Kier molecular flexibility index (Phi) is 3.07. The van der Waals surface area contributed by atoms with Crippen molar-refractivity contribution in [1.29, 1.82) is 0 Å². The molecule has 1 spiro atoms. The molecule has 82 valence electrons. The average molecular weight is 200 g/mol. The second-order valence-corrected chi connectivity index (χ2v) is 4.46. The van der Waals surface area contributed by atoms with Crippen molar-refractivity contribution in [3.63, 3.8) is 0 Å². The number of hydrogen-bond donors (Lipinski definition) is 1. The highest BCUT2D eigenvalue weighted by molar-refractivity contribution is 4.92. The van der Waals surface area contributed by atoms with Gasteiger partial charge in [-0.1, -0.05) is 0 Å². The lowest BCUT2D eigenvalue weighted by Gasteiger charge is -2.45. The highest BCUT2D eigenvalue weighted by Gasteiger charge is 2.40. The molecular weight excluding hydrogens is 180 g/mol. The van der Waals surface area contributed by atoms with Gasteiger partial charge in [0, 0.05) is 33.2 Å². The molecule has 2 fully saturated rings. The summed E-state index contributed by atoms with van der Waals surface area (Å²) in [6, 6.07) is 0. The molecule has 0 aromatic heterocycles. The van der Waals surface area contributed by atoms with Crippen molar-refractivity contribution in [2.75, 3.05) is 26.8 Å². The van der Waals surface area contributed by atoms with Crippen LogP contribution in [0.2, 0.25) is 0 Å². The van der Waals surface area contributed by atoms with E-state index in [2.05, 4.69) is 0 Å². The van der Waals surface area contributed by atoms with Crippen molar-refractivity contribution in [2.45, 2.75) is 37.4 Å². The Morgan fingerprint density at radius 1 is 1.57 bits per heavy atom. The van der Waals surface area contributed by atoms with Gasteiger partial charge in [-0.2, -0.15) is 0 Å². The van der Waals surface area contributed by atoms with E-state index >= 15 is 0 Å². The molecule has 2 N–H and O–H groups in total. The SMILES string of the molecule is CO[C@@H]1CCO[C@]2(CCCN(N)C2)C1. The summed E-state index contributed by atoms with van der Waals surface area (Å²) in [5.74, 6) is 5.84. The minimum atomic E-state index is -0.0219. The molecule has 4 heteroatoms. The predicted molar refractivity (Wildman–Crippen MR) is 53.7 cm³/mol. The van der Waals surface area contributed by atoms with Crippen LogP contribution in [0.3, 0.4) is 0 Å². The Morgan fingerprint density at radius 2 is 2.43 bits per heavy atom. The van der Waals surface area contributed by atoms with Crippen LogP contribution in [0.4, 0.5) is 0 Å². The standard InChI is InChI=1S/C10H20N2O2/c1-13-9-3-6-14-10(7-9)4-2-5-12(11)8-10/h9H,2-8,11H2,1H3/t9-,10-/m1/s1. The number of rotatable bonds is 1. The fourth-order valence-electron chi connectivity index (χ4n) is 2.60. The summed E-state index contributed by atoms with van der Waals surface area (Å²) in [5, 5.41) is 1.88. The largest absolute Gasteiger partial charge is 0.381 e. The van der Waals surface area contributed by atoms with E-state index in [-0.39, 0.29) is 5.60 Å². The molecule has 0 bridgehead atoms. The maximum atomic E-state index is 5.91. The van der Waals surface area contributed by atoms with Gasteiger partial charge in [-0.05, 0) is 19.3 Å². The average Bonchev–Trinajstić information content (AvgIpc) is 2.17. The molecule has 2 aliphatic heterocycles. The van der Waals surface area contributed by atoms with Gasteiger partial charge in [-0.3, -0.25) is 5.84 Å². The van der Waals surface area contributed by atoms with Crippen molar-refractivity contribution >= 4 is 0 Å². The van der Waals surface area contributed by atoms with Gasteiger partial charge >= 0.3 is 0 Å². The number of ether oxygens (including phenoxy) is 2. The van der Waals surface area contributed by atoms with Gasteiger partial charge in [0.2, 0.25) is 0 Å². The van der Waals surface area contributed by atoms with Gasteiger partial charge < -0.3 is 9.47 Å². The molecule has 0 aliphatic carbocycles. The van der Waals surface area contributed by atoms with Crippen molar-refractivity contribution in [1.82, 2.24) is 5.01 Å². The summed E-state index contributed by atoms with van der Waals surface area (Å²) >= 11 is 0.